The van der Waals surface area contributed by atoms with E-state index in [1.807, 2.05) is 0 Å². The number of primary amides is 1. The molecule has 1 aromatic carbocycles. The lowest BCUT2D eigenvalue weighted by Crippen LogP contribution is -2.31. The summed E-state index contributed by atoms with van der Waals surface area (Å²) in [5.41, 5.74) is 6.40. The van der Waals surface area contributed by atoms with Crippen LogP contribution in [0.25, 0.3) is 0 Å². The predicted octanol–water partition coefficient (Wildman–Crippen LogP) is 3.50. The largest absolute Gasteiger partial charge is 0.369 e. The second-order valence-corrected chi connectivity index (χ2v) is 7.95. The van der Waals surface area contributed by atoms with Crippen molar-refractivity contribution in [2.24, 2.45) is 11.7 Å². The van der Waals surface area contributed by atoms with Crippen LogP contribution in [0.3, 0.4) is 0 Å². The minimum atomic E-state index is -0.358. The normalized spacial score (nSPS) is 16.0. The standard InChI is InChI=1S/C23H35N3O3/c1-2-3-4-5-6-7-8-9-15-25-22(28)18-10-12-19(13-11-18)23(29)26-16-14-20(17-26)21(24)27/h10-13,20H,2-9,14-17H2,1H3,(H2,24,27)(H,25,28)/t20-/m0/s1. The predicted molar refractivity (Wildman–Crippen MR) is 115 cm³/mol. The van der Waals surface area contributed by atoms with E-state index in [2.05, 4.69) is 12.2 Å². The maximum atomic E-state index is 12.5. The van der Waals surface area contributed by atoms with Gasteiger partial charge in [-0.15, -0.1) is 0 Å². The summed E-state index contributed by atoms with van der Waals surface area (Å²) in [4.78, 5) is 37.7. The number of nitrogens with zero attached hydrogens (tertiary/aromatic N) is 1. The zero-order chi connectivity index (χ0) is 21.1. The van der Waals surface area contributed by atoms with Crippen LogP contribution in [0.4, 0.5) is 0 Å². The van der Waals surface area contributed by atoms with E-state index in [0.717, 1.165) is 12.8 Å². The first-order valence-electron chi connectivity index (χ1n) is 11.0. The van der Waals surface area contributed by atoms with Crippen molar-refractivity contribution in [2.75, 3.05) is 19.6 Å². The molecule has 0 unspecified atom stereocenters. The molecule has 160 valence electrons. The van der Waals surface area contributed by atoms with E-state index in [0.29, 0.717) is 37.2 Å². The van der Waals surface area contributed by atoms with Gasteiger partial charge in [-0.1, -0.05) is 51.9 Å². The van der Waals surface area contributed by atoms with Gasteiger partial charge >= 0.3 is 0 Å². The summed E-state index contributed by atoms with van der Waals surface area (Å²) in [6.07, 6.45) is 10.5. The summed E-state index contributed by atoms with van der Waals surface area (Å²) in [5, 5.41) is 2.95. The molecule has 0 bridgehead atoms. The van der Waals surface area contributed by atoms with Crippen molar-refractivity contribution in [3.8, 4) is 0 Å². The minimum Gasteiger partial charge on any atom is -0.369 e. The molecule has 6 nitrogen and oxygen atoms in total. The average molecular weight is 402 g/mol. The number of unbranched alkanes of at least 4 members (excludes halogenated alkanes) is 7. The number of benzene rings is 1. The van der Waals surface area contributed by atoms with E-state index >= 15 is 0 Å². The highest BCUT2D eigenvalue weighted by molar-refractivity contribution is 5.98. The highest BCUT2D eigenvalue weighted by Gasteiger charge is 2.30. The van der Waals surface area contributed by atoms with Gasteiger partial charge in [0, 0.05) is 30.8 Å². The SMILES string of the molecule is CCCCCCCCCCNC(=O)c1ccc(C(=O)N2CC[C@H](C(N)=O)C2)cc1. The fraction of sp³-hybridized carbons (Fsp3) is 0.609. The summed E-state index contributed by atoms with van der Waals surface area (Å²) >= 11 is 0. The molecule has 1 heterocycles. The quantitative estimate of drug-likeness (QED) is 0.525. The Labute approximate surface area is 174 Å². The molecular formula is C23H35N3O3. The summed E-state index contributed by atoms with van der Waals surface area (Å²) in [6, 6.07) is 6.70. The first kappa shape index (κ1) is 22.9. The lowest BCUT2D eigenvalue weighted by Gasteiger charge is -2.16. The molecule has 3 N–H and O–H groups in total. The van der Waals surface area contributed by atoms with Crippen LogP contribution in [0.1, 0.15) is 85.4 Å². The number of rotatable bonds is 12. The van der Waals surface area contributed by atoms with Crippen molar-refractivity contribution in [2.45, 2.75) is 64.7 Å². The Kier molecular flexibility index (Phi) is 9.68. The molecule has 0 saturated carbocycles. The van der Waals surface area contributed by atoms with E-state index in [1.54, 1.807) is 29.2 Å². The Morgan fingerprint density at radius 2 is 1.55 bits per heavy atom. The van der Waals surface area contributed by atoms with Crippen molar-refractivity contribution in [1.82, 2.24) is 10.2 Å². The van der Waals surface area contributed by atoms with Gasteiger partial charge in [-0.3, -0.25) is 14.4 Å². The molecule has 1 atom stereocenters. The number of carbonyl (C=O) groups excluding carboxylic acids is 3. The number of carbonyl (C=O) groups is 3. The van der Waals surface area contributed by atoms with Gasteiger partial charge in [0.15, 0.2) is 0 Å². The van der Waals surface area contributed by atoms with Crippen molar-refractivity contribution >= 4 is 17.7 Å². The Balaban J connectivity index is 1.68. The summed E-state index contributed by atoms with van der Waals surface area (Å²) in [6.45, 7) is 3.81. The minimum absolute atomic E-state index is 0.109. The highest BCUT2D eigenvalue weighted by atomic mass is 16.2. The Morgan fingerprint density at radius 3 is 2.14 bits per heavy atom. The Morgan fingerprint density at radius 1 is 0.966 bits per heavy atom. The second-order valence-electron chi connectivity index (χ2n) is 7.95. The first-order chi connectivity index (χ1) is 14.0. The van der Waals surface area contributed by atoms with Gasteiger partial charge in [0.05, 0.1) is 5.92 Å². The number of hydrogen-bond acceptors (Lipinski definition) is 3. The first-order valence-corrected chi connectivity index (χ1v) is 11.0. The molecular weight excluding hydrogens is 366 g/mol. The van der Waals surface area contributed by atoms with Gasteiger partial charge < -0.3 is 16.0 Å². The van der Waals surface area contributed by atoms with Gasteiger partial charge in [0.1, 0.15) is 0 Å². The molecule has 2 rings (SSSR count). The van der Waals surface area contributed by atoms with E-state index in [4.69, 9.17) is 5.73 Å². The summed E-state index contributed by atoms with van der Waals surface area (Å²) in [7, 11) is 0. The fourth-order valence-electron chi connectivity index (χ4n) is 3.69. The van der Waals surface area contributed by atoms with E-state index in [-0.39, 0.29) is 23.6 Å². The molecule has 1 aliphatic heterocycles. The maximum Gasteiger partial charge on any atom is 0.253 e. The van der Waals surface area contributed by atoms with Crippen LogP contribution in [0.5, 0.6) is 0 Å². The lowest BCUT2D eigenvalue weighted by molar-refractivity contribution is -0.121. The van der Waals surface area contributed by atoms with Gasteiger partial charge in [-0.25, -0.2) is 0 Å². The summed E-state index contributed by atoms with van der Waals surface area (Å²) < 4.78 is 0. The molecule has 0 aromatic heterocycles. The maximum absolute atomic E-state index is 12.5. The van der Waals surface area contributed by atoms with Crippen molar-refractivity contribution < 1.29 is 14.4 Å². The van der Waals surface area contributed by atoms with E-state index < -0.39 is 0 Å². The van der Waals surface area contributed by atoms with E-state index in [1.165, 1.54) is 38.5 Å². The van der Waals surface area contributed by atoms with Crippen LogP contribution in [0.2, 0.25) is 0 Å². The molecule has 1 saturated heterocycles. The zero-order valence-electron chi connectivity index (χ0n) is 17.6. The average Bonchev–Trinajstić information content (AvgIpc) is 3.22. The third-order valence-electron chi connectivity index (χ3n) is 5.59. The van der Waals surface area contributed by atoms with Crippen molar-refractivity contribution in [3.05, 3.63) is 35.4 Å². The van der Waals surface area contributed by atoms with Crippen LogP contribution in [0, 0.1) is 5.92 Å². The number of nitrogens with two attached hydrogens (primary N) is 1. The topological polar surface area (TPSA) is 92.5 Å². The van der Waals surface area contributed by atoms with Crippen LogP contribution < -0.4 is 11.1 Å². The van der Waals surface area contributed by atoms with Crippen LogP contribution in [-0.4, -0.2) is 42.3 Å². The fourth-order valence-corrected chi connectivity index (χ4v) is 3.69. The number of likely N-dealkylation sites (tertiary alicyclic amines) is 1. The number of hydrogen-bond donors (Lipinski definition) is 2. The molecule has 3 amide bonds. The van der Waals surface area contributed by atoms with Gasteiger partial charge in [-0.05, 0) is 37.1 Å². The Bertz CT molecular complexity index is 672. The van der Waals surface area contributed by atoms with Crippen molar-refractivity contribution in [3.63, 3.8) is 0 Å². The summed E-state index contributed by atoms with van der Waals surface area (Å²) in [5.74, 6) is -0.856. The van der Waals surface area contributed by atoms with Crippen LogP contribution in [-0.2, 0) is 4.79 Å². The molecule has 1 fully saturated rings. The third-order valence-corrected chi connectivity index (χ3v) is 5.59. The second kappa shape index (κ2) is 12.2. The number of nitrogens with one attached hydrogen (secondary N) is 1. The molecule has 0 aliphatic carbocycles. The van der Waals surface area contributed by atoms with E-state index in [9.17, 15) is 14.4 Å². The smallest absolute Gasteiger partial charge is 0.253 e. The van der Waals surface area contributed by atoms with Crippen LogP contribution in [0.15, 0.2) is 24.3 Å². The van der Waals surface area contributed by atoms with Crippen LogP contribution >= 0.6 is 0 Å². The lowest BCUT2D eigenvalue weighted by atomic mass is 10.1. The molecule has 1 aromatic rings. The monoisotopic (exact) mass is 401 g/mol. The van der Waals surface area contributed by atoms with Gasteiger partial charge in [0.25, 0.3) is 11.8 Å². The van der Waals surface area contributed by atoms with Gasteiger partial charge in [-0.2, -0.15) is 0 Å². The molecule has 0 radical (unpaired) electrons. The highest BCUT2D eigenvalue weighted by Crippen LogP contribution is 2.18. The molecule has 29 heavy (non-hydrogen) atoms. The van der Waals surface area contributed by atoms with Gasteiger partial charge in [0.2, 0.25) is 5.91 Å². The van der Waals surface area contributed by atoms with Crippen molar-refractivity contribution in [1.29, 1.82) is 0 Å². The molecule has 1 aliphatic rings. The molecule has 0 spiro atoms. The zero-order valence-corrected chi connectivity index (χ0v) is 17.6. The number of amides is 3. The Hall–Kier alpha value is -2.37. The molecule has 6 heteroatoms. The third kappa shape index (κ3) is 7.52.